The minimum Gasteiger partial charge on any atom is -0.372 e. The fraction of sp³-hybridized carbons (Fsp3) is 0.553. The smallest absolute Gasteiger partial charge is 0.276 e. The predicted molar refractivity (Wildman–Crippen MR) is 187 cm³/mol. The number of rotatable bonds is 11. The van der Waals surface area contributed by atoms with E-state index in [1.54, 1.807) is 20.2 Å². The van der Waals surface area contributed by atoms with Gasteiger partial charge in [0.15, 0.2) is 5.69 Å². The highest BCUT2D eigenvalue weighted by Crippen LogP contribution is 2.70. The maximum atomic E-state index is 14.3. The molecule has 10 nitrogen and oxygen atoms in total. The Balaban J connectivity index is 0.838. The number of nitrogens with one attached hydrogen (secondary N) is 3. The van der Waals surface area contributed by atoms with E-state index in [1.165, 1.54) is 5.69 Å². The zero-order valence-electron chi connectivity index (χ0n) is 28.9. The molecule has 3 unspecified atom stereocenters. The number of anilines is 2. The second-order valence-corrected chi connectivity index (χ2v) is 15.0. The van der Waals surface area contributed by atoms with E-state index in [0.29, 0.717) is 41.6 Å². The van der Waals surface area contributed by atoms with Crippen molar-refractivity contribution in [1.82, 2.24) is 25.4 Å². The Morgan fingerprint density at radius 1 is 1.06 bits per heavy atom. The molecule has 2 saturated heterocycles. The molecule has 2 aliphatic carbocycles. The van der Waals surface area contributed by atoms with Crippen LogP contribution in [0.25, 0.3) is 0 Å². The summed E-state index contributed by atoms with van der Waals surface area (Å²) in [4.78, 5) is 46.0. The normalized spacial score (nSPS) is 24.2. The number of fused-ring (bicyclic) bond motifs is 2. The van der Waals surface area contributed by atoms with Gasteiger partial charge >= 0.3 is 0 Å². The predicted octanol–water partition coefficient (Wildman–Crippen LogP) is 5.33. The molecular weight excluding hydrogens is 640 g/mol. The molecule has 1 aromatic carbocycles. The highest BCUT2D eigenvalue weighted by atomic mass is 19.3. The number of hydrogen-bond acceptors (Lipinski definition) is 7. The molecule has 0 bridgehead atoms. The lowest BCUT2D eigenvalue weighted by Crippen LogP contribution is -2.41. The SMILES string of the molecule is CNC(=O)CCC(C=O)c1ccc(N2CCC(CN3CCC(c4ccc(NC(=O)c5n[nH]c6c5CC5C(F)(F)C5(C)C6)cn4)CC3)CC2)cc1. The van der Waals surface area contributed by atoms with E-state index in [1.807, 2.05) is 24.3 Å². The van der Waals surface area contributed by atoms with Crippen molar-refractivity contribution in [2.75, 3.05) is 50.0 Å². The van der Waals surface area contributed by atoms with Crippen molar-refractivity contribution in [2.24, 2.45) is 17.3 Å². The monoisotopic (exact) mass is 687 g/mol. The van der Waals surface area contributed by atoms with Crippen LogP contribution in [0.1, 0.15) is 90.3 Å². The van der Waals surface area contributed by atoms with Gasteiger partial charge in [-0.15, -0.1) is 0 Å². The number of pyridine rings is 1. The molecule has 3 atom stereocenters. The average Bonchev–Trinajstić information content (AvgIpc) is 3.36. The molecule has 4 aliphatic rings. The number of alkyl halides is 2. The summed E-state index contributed by atoms with van der Waals surface area (Å²) in [6, 6.07) is 12.1. The molecule has 3 fully saturated rings. The van der Waals surface area contributed by atoms with Crippen LogP contribution in [0.2, 0.25) is 0 Å². The summed E-state index contributed by atoms with van der Waals surface area (Å²) >= 11 is 0. The summed E-state index contributed by atoms with van der Waals surface area (Å²) < 4.78 is 28.6. The van der Waals surface area contributed by atoms with Crippen molar-refractivity contribution in [3.63, 3.8) is 0 Å². The lowest BCUT2D eigenvalue weighted by atomic mass is 9.87. The van der Waals surface area contributed by atoms with Crippen molar-refractivity contribution < 1.29 is 23.2 Å². The highest BCUT2D eigenvalue weighted by molar-refractivity contribution is 6.04. The Bertz CT molecular complexity index is 1700. The van der Waals surface area contributed by atoms with E-state index in [2.05, 4.69) is 47.7 Å². The van der Waals surface area contributed by atoms with Gasteiger partial charge in [-0.25, -0.2) is 8.78 Å². The number of carbonyl (C=O) groups excluding carboxylic acids is 3. The number of amides is 2. The van der Waals surface area contributed by atoms with Crippen LogP contribution < -0.4 is 15.5 Å². The van der Waals surface area contributed by atoms with Crippen LogP contribution in [0.15, 0.2) is 42.6 Å². The van der Waals surface area contributed by atoms with Gasteiger partial charge < -0.3 is 25.2 Å². The molecule has 0 spiro atoms. The minimum absolute atomic E-state index is 0.0512. The van der Waals surface area contributed by atoms with E-state index >= 15 is 0 Å². The maximum absolute atomic E-state index is 14.3. The summed E-state index contributed by atoms with van der Waals surface area (Å²) in [6.07, 6.45) is 8.21. The average molecular weight is 688 g/mol. The Kier molecular flexibility index (Phi) is 9.49. The molecule has 2 amide bonds. The zero-order valence-corrected chi connectivity index (χ0v) is 28.9. The third-order valence-electron chi connectivity index (χ3n) is 12.0. The first-order chi connectivity index (χ1) is 24.1. The molecule has 3 N–H and O–H groups in total. The highest BCUT2D eigenvalue weighted by Gasteiger charge is 2.78. The van der Waals surface area contributed by atoms with Crippen LogP contribution in [0.4, 0.5) is 20.2 Å². The number of carbonyl (C=O) groups is 3. The molecule has 50 heavy (non-hydrogen) atoms. The maximum Gasteiger partial charge on any atom is 0.276 e. The van der Waals surface area contributed by atoms with E-state index < -0.39 is 23.2 Å². The van der Waals surface area contributed by atoms with Gasteiger partial charge in [-0.2, -0.15) is 5.10 Å². The summed E-state index contributed by atoms with van der Waals surface area (Å²) in [6.45, 7) is 6.82. The summed E-state index contributed by atoms with van der Waals surface area (Å²) in [5, 5.41) is 12.5. The van der Waals surface area contributed by atoms with Crippen molar-refractivity contribution in [1.29, 1.82) is 0 Å². The Hall–Kier alpha value is -4.19. The van der Waals surface area contributed by atoms with Crippen LogP contribution in [0.3, 0.4) is 0 Å². The number of aldehydes is 1. The van der Waals surface area contributed by atoms with Gasteiger partial charge in [0.2, 0.25) is 5.91 Å². The van der Waals surface area contributed by atoms with Gasteiger partial charge in [0.1, 0.15) is 6.29 Å². The van der Waals surface area contributed by atoms with Crippen molar-refractivity contribution in [3.8, 4) is 0 Å². The Labute approximate surface area is 291 Å². The largest absolute Gasteiger partial charge is 0.372 e. The number of likely N-dealkylation sites (tertiary alicyclic amines) is 1. The Morgan fingerprint density at radius 2 is 1.80 bits per heavy atom. The van der Waals surface area contributed by atoms with E-state index in [4.69, 9.17) is 0 Å². The molecule has 1 saturated carbocycles. The Morgan fingerprint density at radius 3 is 2.46 bits per heavy atom. The van der Waals surface area contributed by atoms with Crippen molar-refractivity contribution in [3.05, 3.63) is 70.8 Å². The first-order valence-corrected chi connectivity index (χ1v) is 18.0. The second kappa shape index (κ2) is 13.8. The lowest BCUT2D eigenvalue weighted by molar-refractivity contribution is -0.120. The van der Waals surface area contributed by atoms with Crippen LogP contribution >= 0.6 is 0 Å². The summed E-state index contributed by atoms with van der Waals surface area (Å²) in [5.74, 6) is -3.12. The molecule has 2 aromatic heterocycles. The van der Waals surface area contributed by atoms with Crippen LogP contribution in [-0.4, -0.2) is 83.9 Å². The third kappa shape index (κ3) is 6.66. The van der Waals surface area contributed by atoms with Gasteiger partial charge in [0.25, 0.3) is 11.8 Å². The number of nitrogens with zero attached hydrogens (tertiary/aromatic N) is 4. The quantitative estimate of drug-likeness (QED) is 0.233. The van der Waals surface area contributed by atoms with E-state index in [-0.39, 0.29) is 30.4 Å². The standard InChI is InChI=1S/C38H47F2N7O3/c1-37-20-32-30(19-33(37)38(37,39)40)35(45-44-32)36(50)43-28-6-9-31(42-21-28)26-13-15-46(16-14-26)22-24-11-17-47(18-12-24)29-7-3-25(4-8-29)27(23-48)5-10-34(49)41-2/h3-4,6-9,21,23-24,26-27,33H,5,10-20,22H2,1-2H3,(H,41,49)(H,43,50)(H,44,45). The molecule has 4 heterocycles. The second-order valence-electron chi connectivity index (χ2n) is 15.0. The van der Waals surface area contributed by atoms with Gasteiger partial charge in [0.05, 0.1) is 11.9 Å². The molecule has 3 aromatic rings. The molecule has 0 radical (unpaired) electrons. The topological polar surface area (TPSA) is 123 Å². The van der Waals surface area contributed by atoms with Crippen LogP contribution in [0.5, 0.6) is 0 Å². The van der Waals surface area contributed by atoms with Crippen LogP contribution in [0, 0.1) is 17.3 Å². The number of aromatic nitrogens is 3. The number of aromatic amines is 1. The van der Waals surface area contributed by atoms with Crippen molar-refractivity contribution >= 4 is 29.5 Å². The number of hydrogen-bond donors (Lipinski definition) is 3. The summed E-state index contributed by atoms with van der Waals surface area (Å²) in [5.41, 5.74) is 4.14. The van der Waals surface area contributed by atoms with Gasteiger partial charge in [-0.05, 0) is 87.4 Å². The van der Waals surface area contributed by atoms with E-state index in [9.17, 15) is 23.2 Å². The van der Waals surface area contributed by atoms with Gasteiger partial charge in [0, 0.05) is 85.3 Å². The molecule has 2 aliphatic heterocycles. The third-order valence-corrected chi connectivity index (χ3v) is 12.0. The fourth-order valence-corrected chi connectivity index (χ4v) is 8.51. The molecule has 266 valence electrons. The molecule has 12 heteroatoms. The number of piperidine rings is 2. The number of halogens is 2. The number of benzene rings is 1. The van der Waals surface area contributed by atoms with Gasteiger partial charge in [-0.3, -0.25) is 19.7 Å². The minimum atomic E-state index is -2.70. The summed E-state index contributed by atoms with van der Waals surface area (Å²) in [7, 11) is 1.61. The first kappa shape index (κ1) is 34.3. The fourth-order valence-electron chi connectivity index (χ4n) is 8.51. The van der Waals surface area contributed by atoms with Gasteiger partial charge in [-0.1, -0.05) is 19.1 Å². The molecule has 7 rings (SSSR count). The van der Waals surface area contributed by atoms with Crippen LogP contribution in [-0.2, 0) is 22.4 Å². The zero-order chi connectivity index (χ0) is 35.0. The lowest BCUT2D eigenvalue weighted by Gasteiger charge is -2.38. The van der Waals surface area contributed by atoms with Crippen molar-refractivity contribution in [2.45, 2.75) is 76.0 Å². The molecular formula is C38H47F2N7O3. The number of H-pyrrole nitrogens is 1. The van der Waals surface area contributed by atoms with E-state index in [0.717, 1.165) is 76.0 Å². The first-order valence-electron chi connectivity index (χ1n) is 18.0.